The van der Waals surface area contributed by atoms with Gasteiger partial charge in [-0.3, -0.25) is 0 Å². The first-order valence-electron chi connectivity index (χ1n) is 8.00. The summed E-state index contributed by atoms with van der Waals surface area (Å²) in [5, 5.41) is 12.6. The van der Waals surface area contributed by atoms with E-state index in [4.69, 9.17) is 10.5 Å². The van der Waals surface area contributed by atoms with E-state index in [1.54, 1.807) is 31.6 Å². The van der Waals surface area contributed by atoms with E-state index in [0.717, 1.165) is 0 Å². The fraction of sp³-hybridized carbons (Fsp3) is 0.235. The summed E-state index contributed by atoms with van der Waals surface area (Å²) in [7, 11) is 1.55. The molecule has 4 N–H and O–H groups in total. The lowest BCUT2D eigenvalue weighted by atomic mass is 10.1. The van der Waals surface area contributed by atoms with Gasteiger partial charge in [-0.2, -0.15) is 9.97 Å². The normalized spacial score (nSPS) is 10.6. The number of ether oxygens (including phenoxy) is 1. The van der Waals surface area contributed by atoms with Crippen molar-refractivity contribution in [2.24, 2.45) is 0 Å². The highest BCUT2D eigenvalue weighted by molar-refractivity contribution is 5.75. The lowest BCUT2D eigenvalue weighted by molar-refractivity contribution is 0.281. The van der Waals surface area contributed by atoms with Gasteiger partial charge >= 0.3 is 0 Å². The number of hydrogen-bond donors (Lipinski definition) is 3. The molecule has 0 bridgehead atoms. The average molecular weight is 353 g/mol. The van der Waals surface area contributed by atoms with Crippen LogP contribution < -0.4 is 15.8 Å². The van der Waals surface area contributed by atoms with Crippen LogP contribution in [-0.4, -0.2) is 37.1 Å². The van der Waals surface area contributed by atoms with Crippen molar-refractivity contribution in [3.8, 4) is 17.3 Å². The Morgan fingerprint density at radius 3 is 2.65 bits per heavy atom. The number of nitrogens with two attached hydrogens (primary N) is 1. The minimum Gasteiger partial charge on any atom is -0.481 e. The molecule has 0 aliphatic heterocycles. The van der Waals surface area contributed by atoms with E-state index in [1.165, 1.54) is 0 Å². The topological polar surface area (TPSA) is 132 Å². The number of nitrogen functional groups attached to an aromatic ring is 1. The number of aryl methyl sites for hydroxylation is 1. The van der Waals surface area contributed by atoms with Gasteiger partial charge in [-0.15, -0.1) is 0 Å². The Morgan fingerprint density at radius 1 is 1.15 bits per heavy atom. The Hall–Kier alpha value is -3.33. The third-order valence-corrected chi connectivity index (χ3v) is 3.59. The molecule has 0 aromatic carbocycles. The van der Waals surface area contributed by atoms with Crippen LogP contribution in [0.2, 0.25) is 0 Å². The second-order valence-corrected chi connectivity index (χ2v) is 5.40. The van der Waals surface area contributed by atoms with E-state index in [0.29, 0.717) is 46.6 Å². The largest absolute Gasteiger partial charge is 0.481 e. The Labute approximate surface area is 150 Å². The lowest BCUT2D eigenvalue weighted by Gasteiger charge is -2.12. The maximum atomic E-state index is 9.44. The molecule has 0 fully saturated rings. The smallest absolute Gasteiger partial charge is 0.223 e. The van der Waals surface area contributed by atoms with Crippen LogP contribution in [0.3, 0.4) is 0 Å². The Balaban J connectivity index is 2.04. The summed E-state index contributed by atoms with van der Waals surface area (Å²) in [6.45, 7) is 1.79. The number of nitrogens with zero attached hydrogens (tertiary/aromatic N) is 5. The molecule has 0 unspecified atom stereocenters. The number of pyridine rings is 2. The molecule has 0 amide bonds. The molecule has 0 atom stereocenters. The Kier molecular flexibility index (Phi) is 5.18. The molecule has 3 heterocycles. The maximum Gasteiger partial charge on any atom is 0.223 e. The first-order valence-corrected chi connectivity index (χ1v) is 8.00. The first-order chi connectivity index (χ1) is 12.6. The van der Waals surface area contributed by atoms with Crippen LogP contribution >= 0.6 is 0 Å². The summed E-state index contributed by atoms with van der Waals surface area (Å²) in [6.07, 6.45) is 3.83. The van der Waals surface area contributed by atoms with Crippen molar-refractivity contribution in [1.82, 2.24) is 24.9 Å². The van der Waals surface area contributed by atoms with E-state index in [2.05, 4.69) is 30.2 Å². The molecule has 0 aliphatic carbocycles. The molecule has 3 rings (SSSR count). The molecule has 3 aromatic rings. The minimum absolute atomic E-state index is 0.137. The molecule has 0 saturated carbocycles. The summed E-state index contributed by atoms with van der Waals surface area (Å²) >= 11 is 0. The van der Waals surface area contributed by atoms with Gasteiger partial charge in [0, 0.05) is 18.7 Å². The number of nitrogens with one attached hydrogen (secondary N) is 1. The van der Waals surface area contributed by atoms with E-state index < -0.39 is 0 Å². The first kappa shape index (κ1) is 17.5. The molecule has 3 aromatic heterocycles. The van der Waals surface area contributed by atoms with Gasteiger partial charge < -0.3 is 20.9 Å². The third-order valence-electron chi connectivity index (χ3n) is 3.59. The predicted octanol–water partition coefficient (Wildman–Crippen LogP) is 1.72. The van der Waals surface area contributed by atoms with Gasteiger partial charge in [0.05, 0.1) is 31.2 Å². The fourth-order valence-corrected chi connectivity index (χ4v) is 2.29. The van der Waals surface area contributed by atoms with Crippen molar-refractivity contribution < 1.29 is 9.84 Å². The van der Waals surface area contributed by atoms with Crippen molar-refractivity contribution in [1.29, 1.82) is 0 Å². The second kappa shape index (κ2) is 7.70. The van der Waals surface area contributed by atoms with Crippen molar-refractivity contribution in [2.75, 3.05) is 18.2 Å². The molecule has 9 nitrogen and oxygen atoms in total. The Bertz CT molecular complexity index is 900. The highest BCUT2D eigenvalue weighted by Gasteiger charge is 2.14. The molecular formula is C17H19N7O2. The van der Waals surface area contributed by atoms with Gasteiger partial charge in [-0.05, 0) is 17.7 Å². The molecule has 134 valence electrons. The van der Waals surface area contributed by atoms with Crippen LogP contribution in [-0.2, 0) is 13.0 Å². The van der Waals surface area contributed by atoms with Crippen molar-refractivity contribution in [3.05, 3.63) is 42.0 Å². The second-order valence-electron chi connectivity index (χ2n) is 5.40. The van der Waals surface area contributed by atoms with E-state index in [9.17, 15) is 5.11 Å². The molecule has 0 spiro atoms. The number of aliphatic hydroxyl groups excluding tert-OH is 1. The Morgan fingerprint density at radius 2 is 2.00 bits per heavy atom. The molecule has 26 heavy (non-hydrogen) atoms. The van der Waals surface area contributed by atoms with Crippen LogP contribution in [0.4, 0.5) is 17.5 Å². The zero-order valence-corrected chi connectivity index (χ0v) is 14.5. The highest BCUT2D eigenvalue weighted by atomic mass is 16.5. The van der Waals surface area contributed by atoms with Crippen LogP contribution in [0.1, 0.15) is 18.3 Å². The third kappa shape index (κ3) is 3.83. The quantitative estimate of drug-likeness (QED) is 0.606. The standard InChI is InChI=1S/C17H19N7O2/c1-3-13-22-16(24-17(18)23-13)12-6-10(9-25)7-20-15(12)21-11-4-5-14(26-2)19-8-11/h4-8,25H,3,9H2,1-2H3,(H,20,21)(H2,18,22,23,24). The predicted molar refractivity (Wildman–Crippen MR) is 96.8 cm³/mol. The summed E-state index contributed by atoms with van der Waals surface area (Å²) in [5.74, 6) is 2.14. The number of anilines is 3. The number of aromatic nitrogens is 5. The summed E-state index contributed by atoms with van der Waals surface area (Å²) in [5.41, 5.74) is 7.76. The minimum atomic E-state index is -0.147. The van der Waals surface area contributed by atoms with Gasteiger partial charge in [0.1, 0.15) is 11.6 Å². The van der Waals surface area contributed by atoms with Crippen LogP contribution in [0.25, 0.3) is 11.4 Å². The van der Waals surface area contributed by atoms with Gasteiger partial charge in [-0.25, -0.2) is 15.0 Å². The van der Waals surface area contributed by atoms with Gasteiger partial charge in [0.2, 0.25) is 11.8 Å². The maximum absolute atomic E-state index is 9.44. The van der Waals surface area contributed by atoms with Gasteiger partial charge in [0.15, 0.2) is 5.82 Å². The van der Waals surface area contributed by atoms with E-state index in [-0.39, 0.29) is 12.6 Å². The number of aliphatic hydroxyl groups is 1. The van der Waals surface area contributed by atoms with Crippen LogP contribution in [0.15, 0.2) is 30.6 Å². The number of hydrogen-bond acceptors (Lipinski definition) is 9. The number of rotatable bonds is 6. The average Bonchev–Trinajstić information content (AvgIpc) is 2.68. The molecule has 0 saturated heterocycles. The van der Waals surface area contributed by atoms with Crippen molar-refractivity contribution in [3.63, 3.8) is 0 Å². The molecule has 0 aliphatic rings. The van der Waals surface area contributed by atoms with Crippen molar-refractivity contribution in [2.45, 2.75) is 20.0 Å². The zero-order chi connectivity index (χ0) is 18.5. The van der Waals surface area contributed by atoms with Gasteiger partial charge in [-0.1, -0.05) is 6.92 Å². The SMILES string of the molecule is CCc1nc(N)nc(-c2cc(CO)cnc2Nc2ccc(OC)nc2)n1. The van der Waals surface area contributed by atoms with Gasteiger partial charge in [0.25, 0.3) is 0 Å². The van der Waals surface area contributed by atoms with Crippen LogP contribution in [0.5, 0.6) is 5.88 Å². The summed E-state index contributed by atoms with van der Waals surface area (Å²) in [4.78, 5) is 21.3. The molecular weight excluding hydrogens is 334 g/mol. The monoisotopic (exact) mass is 353 g/mol. The highest BCUT2D eigenvalue weighted by Crippen LogP contribution is 2.28. The summed E-state index contributed by atoms with van der Waals surface area (Å²) < 4.78 is 5.06. The lowest BCUT2D eigenvalue weighted by Crippen LogP contribution is -2.06. The fourth-order valence-electron chi connectivity index (χ4n) is 2.29. The number of methoxy groups -OCH3 is 1. The molecule has 9 heteroatoms. The van der Waals surface area contributed by atoms with Crippen molar-refractivity contribution >= 4 is 17.5 Å². The van der Waals surface area contributed by atoms with E-state index in [1.807, 2.05) is 13.0 Å². The van der Waals surface area contributed by atoms with E-state index >= 15 is 0 Å². The zero-order valence-electron chi connectivity index (χ0n) is 14.5. The van der Waals surface area contributed by atoms with Crippen LogP contribution in [0, 0.1) is 0 Å². The summed E-state index contributed by atoms with van der Waals surface area (Å²) in [6, 6.07) is 5.32. The molecule has 0 radical (unpaired) electrons.